The zero-order chi connectivity index (χ0) is 25.3. The maximum absolute atomic E-state index is 12.7. The monoisotopic (exact) mass is 489 g/mol. The van der Waals surface area contributed by atoms with Gasteiger partial charge >= 0.3 is 18.0 Å². The van der Waals surface area contributed by atoms with Gasteiger partial charge in [-0.05, 0) is 60.2 Å². The fourth-order valence-electron chi connectivity index (χ4n) is 3.15. The minimum absolute atomic E-state index is 0.148. The molecule has 0 fully saturated rings. The van der Waals surface area contributed by atoms with E-state index in [1.807, 2.05) is 25.1 Å². The molecule has 2 rings (SSSR count). The average molecular weight is 490 g/mol. The molecule has 0 aliphatic heterocycles. The van der Waals surface area contributed by atoms with E-state index in [1.54, 1.807) is 24.3 Å². The summed E-state index contributed by atoms with van der Waals surface area (Å²) in [5.41, 5.74) is 11.7. The summed E-state index contributed by atoms with van der Waals surface area (Å²) < 4.78 is 0. The lowest BCUT2D eigenvalue weighted by Gasteiger charge is -2.24. The number of urea groups is 2. The van der Waals surface area contributed by atoms with E-state index in [0.717, 1.165) is 28.1 Å². The number of hydrazine groups is 2. The van der Waals surface area contributed by atoms with Crippen molar-refractivity contribution >= 4 is 35.3 Å². The third-order valence-corrected chi connectivity index (χ3v) is 5.32. The molecule has 0 saturated carbocycles. The zero-order valence-electron chi connectivity index (χ0n) is 19.8. The summed E-state index contributed by atoms with van der Waals surface area (Å²) >= 11 is 5.87. The maximum atomic E-state index is 12.7. The van der Waals surface area contributed by atoms with Crippen molar-refractivity contribution in [1.29, 1.82) is 0 Å². The third kappa shape index (κ3) is 8.57. The molecule has 2 aromatic carbocycles. The van der Waals surface area contributed by atoms with Crippen LogP contribution in [0, 0.1) is 18.8 Å². The molecule has 1 atom stereocenters. The number of nitrogens with one attached hydrogen (secondary N) is 4. The normalized spacial score (nSPS) is 11.6. The molecule has 0 saturated heterocycles. The molecule has 0 bridgehead atoms. The van der Waals surface area contributed by atoms with Crippen molar-refractivity contribution in [3.63, 3.8) is 0 Å². The number of rotatable bonds is 10. The summed E-state index contributed by atoms with van der Waals surface area (Å²) in [6.45, 7) is 7.59. The number of halogens is 1. The zero-order valence-corrected chi connectivity index (χ0v) is 20.6. The second-order valence-corrected chi connectivity index (χ2v) is 8.99. The minimum Gasteiger partial charge on any atom is -0.481 e. The molecule has 0 radical (unpaired) electrons. The van der Waals surface area contributed by atoms with E-state index >= 15 is 0 Å². The van der Waals surface area contributed by atoms with E-state index in [4.69, 9.17) is 11.6 Å². The molecular weight excluding hydrogens is 458 g/mol. The van der Waals surface area contributed by atoms with Crippen LogP contribution in [-0.4, -0.2) is 34.6 Å². The van der Waals surface area contributed by atoms with Crippen LogP contribution in [0.5, 0.6) is 0 Å². The summed E-state index contributed by atoms with van der Waals surface area (Å²) in [4.78, 5) is 37.4. The third-order valence-electron chi connectivity index (χ3n) is 5.07. The fraction of sp³-hybridized carbons (Fsp3) is 0.375. The molecule has 9 nitrogen and oxygen atoms in total. The van der Waals surface area contributed by atoms with Gasteiger partial charge in [0.1, 0.15) is 0 Å². The van der Waals surface area contributed by atoms with Crippen LogP contribution in [0.15, 0.2) is 42.5 Å². The van der Waals surface area contributed by atoms with Crippen LogP contribution in [0.1, 0.15) is 37.5 Å². The SMILES string of the molecule is Cc1cc(NNNC(=O)N(C[C@H](C)C(=O)O)C(=O)NCc2ccc(Cl)cc2)ccc1CC(C)C. The van der Waals surface area contributed by atoms with E-state index < -0.39 is 23.9 Å². The van der Waals surface area contributed by atoms with Gasteiger partial charge in [0.2, 0.25) is 0 Å². The van der Waals surface area contributed by atoms with Crippen molar-refractivity contribution in [2.75, 3.05) is 12.0 Å². The van der Waals surface area contributed by atoms with Crippen LogP contribution >= 0.6 is 11.6 Å². The first-order valence-electron chi connectivity index (χ1n) is 11.0. The van der Waals surface area contributed by atoms with Crippen LogP contribution in [0.2, 0.25) is 5.02 Å². The Bertz CT molecular complexity index is 997. The van der Waals surface area contributed by atoms with Gasteiger partial charge in [0, 0.05) is 18.1 Å². The second kappa shape index (κ2) is 12.8. The molecule has 0 aromatic heterocycles. The van der Waals surface area contributed by atoms with Crippen molar-refractivity contribution in [2.24, 2.45) is 11.8 Å². The van der Waals surface area contributed by atoms with Crippen LogP contribution in [0.4, 0.5) is 15.3 Å². The Balaban J connectivity index is 1.97. The van der Waals surface area contributed by atoms with E-state index in [-0.39, 0.29) is 13.1 Å². The number of imide groups is 1. The highest BCUT2D eigenvalue weighted by Crippen LogP contribution is 2.17. The molecule has 184 valence electrons. The van der Waals surface area contributed by atoms with Crippen LogP contribution in [-0.2, 0) is 17.8 Å². The smallest absolute Gasteiger partial charge is 0.341 e. The first-order valence-corrected chi connectivity index (χ1v) is 11.4. The predicted molar refractivity (Wildman–Crippen MR) is 132 cm³/mol. The summed E-state index contributed by atoms with van der Waals surface area (Å²) in [6, 6.07) is 11.2. The summed E-state index contributed by atoms with van der Waals surface area (Å²) in [6.07, 6.45) is 0.970. The van der Waals surface area contributed by atoms with Gasteiger partial charge in [-0.15, -0.1) is 5.53 Å². The van der Waals surface area contributed by atoms with Crippen molar-refractivity contribution < 1.29 is 19.5 Å². The van der Waals surface area contributed by atoms with Crippen molar-refractivity contribution in [3.05, 3.63) is 64.2 Å². The van der Waals surface area contributed by atoms with Crippen molar-refractivity contribution in [1.82, 2.24) is 21.2 Å². The Kier molecular flexibility index (Phi) is 10.2. The highest BCUT2D eigenvalue weighted by Gasteiger charge is 2.26. The molecule has 4 amide bonds. The van der Waals surface area contributed by atoms with Crippen molar-refractivity contribution in [3.8, 4) is 0 Å². The summed E-state index contributed by atoms with van der Waals surface area (Å²) in [5.74, 6) is -1.53. The quantitative estimate of drug-likeness (QED) is 0.317. The molecule has 0 aliphatic rings. The Morgan fingerprint density at radius 2 is 1.71 bits per heavy atom. The largest absolute Gasteiger partial charge is 0.481 e. The van der Waals surface area contributed by atoms with Gasteiger partial charge in [0.05, 0.1) is 11.6 Å². The molecular formula is C24H32ClN5O4. The number of carboxylic acids is 1. The second-order valence-electron chi connectivity index (χ2n) is 8.55. The Labute approximate surface area is 204 Å². The molecule has 0 heterocycles. The van der Waals surface area contributed by atoms with E-state index in [9.17, 15) is 19.5 Å². The molecule has 0 aliphatic carbocycles. The molecule has 0 spiro atoms. The lowest BCUT2D eigenvalue weighted by Crippen LogP contribution is -2.54. The number of benzene rings is 2. The topological polar surface area (TPSA) is 123 Å². The molecule has 34 heavy (non-hydrogen) atoms. The van der Waals surface area contributed by atoms with Crippen LogP contribution in [0.25, 0.3) is 0 Å². The van der Waals surface area contributed by atoms with Gasteiger partial charge in [0.25, 0.3) is 0 Å². The van der Waals surface area contributed by atoms with Crippen LogP contribution in [0.3, 0.4) is 0 Å². The van der Waals surface area contributed by atoms with E-state index in [0.29, 0.717) is 10.9 Å². The maximum Gasteiger partial charge on any atom is 0.341 e. The first-order chi connectivity index (χ1) is 16.1. The predicted octanol–water partition coefficient (Wildman–Crippen LogP) is 4.32. The number of aliphatic carboxylic acids is 1. The average Bonchev–Trinajstić information content (AvgIpc) is 2.78. The van der Waals surface area contributed by atoms with E-state index in [2.05, 4.69) is 35.6 Å². The van der Waals surface area contributed by atoms with Gasteiger partial charge in [-0.2, -0.15) is 0 Å². The Morgan fingerprint density at radius 3 is 2.29 bits per heavy atom. The number of amides is 4. The number of hydrogen-bond donors (Lipinski definition) is 5. The lowest BCUT2D eigenvalue weighted by molar-refractivity contribution is -0.141. The lowest BCUT2D eigenvalue weighted by atomic mass is 9.98. The van der Waals surface area contributed by atoms with Gasteiger partial charge in [-0.25, -0.2) is 14.5 Å². The van der Waals surface area contributed by atoms with Crippen LogP contribution < -0.4 is 21.7 Å². The Morgan fingerprint density at radius 1 is 1.03 bits per heavy atom. The number of carbonyl (C=O) groups is 3. The fourth-order valence-corrected chi connectivity index (χ4v) is 3.28. The number of carbonyl (C=O) groups excluding carboxylic acids is 2. The first kappa shape index (κ1) is 26.9. The number of anilines is 1. The molecule has 0 unspecified atom stereocenters. The number of nitrogens with zero attached hydrogens (tertiary/aromatic N) is 1. The van der Waals surface area contributed by atoms with Crippen molar-refractivity contribution in [2.45, 2.75) is 40.7 Å². The number of carboxylic acid groups (broad SMARTS) is 1. The standard InChI is InChI=1S/C24H32ClN5O4/c1-15(2)11-19-7-10-21(12-16(19)3)27-29-28-24(34)30(14-17(4)22(31)32)23(33)26-13-18-5-8-20(25)9-6-18/h5-10,12,15,17,27,29H,11,13-14H2,1-4H3,(H,26,33)(H,28,34)(H,31,32)/t17-/m0/s1. The van der Waals surface area contributed by atoms with Gasteiger partial charge in [-0.3, -0.25) is 10.2 Å². The van der Waals surface area contributed by atoms with Gasteiger partial charge in [-0.1, -0.05) is 50.6 Å². The minimum atomic E-state index is -1.12. The number of aryl methyl sites for hydroxylation is 1. The molecule has 10 heteroatoms. The summed E-state index contributed by atoms with van der Waals surface area (Å²) in [5, 5.41) is 12.4. The number of hydrogen-bond acceptors (Lipinski definition) is 5. The van der Waals surface area contributed by atoms with E-state index in [1.165, 1.54) is 12.5 Å². The Hall–Kier alpha value is -3.30. The molecule has 5 N–H and O–H groups in total. The molecule has 2 aromatic rings. The van der Waals surface area contributed by atoms with Gasteiger partial charge in [0.15, 0.2) is 0 Å². The highest BCUT2D eigenvalue weighted by molar-refractivity contribution is 6.30. The van der Waals surface area contributed by atoms with Gasteiger partial charge < -0.3 is 15.8 Å². The highest BCUT2D eigenvalue weighted by atomic mass is 35.5. The summed E-state index contributed by atoms with van der Waals surface area (Å²) in [7, 11) is 0.